The van der Waals surface area contributed by atoms with Crippen LogP contribution in [0.15, 0.2) is 0 Å². The first kappa shape index (κ1) is 8.35. The smallest absolute Gasteiger partial charge is 0.322 e. The van der Waals surface area contributed by atoms with Gasteiger partial charge in [0.05, 0.1) is 6.61 Å². The summed E-state index contributed by atoms with van der Waals surface area (Å²) in [6.07, 6.45) is 0. The van der Waals surface area contributed by atoms with E-state index < -0.39 is 12.0 Å². The van der Waals surface area contributed by atoms with Crippen LogP contribution < -0.4 is 11.2 Å². The number of carboxylic acids is 1. The number of nitrogens with one attached hydrogen (secondary N) is 1. The number of carboxylic acid groups (broad SMARTS) is 1. The fourth-order valence-corrected chi connectivity index (χ4v) is 0.244. The predicted octanol–water partition coefficient (Wildman–Crippen LogP) is -1.45. The second-order valence-corrected chi connectivity index (χ2v) is 1.46. The molecule has 5 heteroatoms. The minimum Gasteiger partial charge on any atom is -0.480 e. The number of hydrogen-bond acceptors (Lipinski definition) is 4. The summed E-state index contributed by atoms with van der Waals surface area (Å²) in [6.45, 7) is -0.0220. The molecule has 1 atom stereocenters. The largest absolute Gasteiger partial charge is 0.480 e. The predicted molar refractivity (Wildman–Crippen MR) is 30.6 cm³/mol. The van der Waals surface area contributed by atoms with Crippen molar-refractivity contribution in [3.8, 4) is 0 Å². The lowest BCUT2D eigenvalue weighted by Crippen LogP contribution is -2.36. The van der Waals surface area contributed by atoms with Crippen molar-refractivity contribution >= 4 is 5.97 Å². The Morgan fingerprint density at radius 2 is 2.56 bits per heavy atom. The summed E-state index contributed by atoms with van der Waals surface area (Å²) in [4.78, 5) is 14.5. The van der Waals surface area contributed by atoms with Gasteiger partial charge in [0, 0.05) is 7.05 Å². The first-order chi connectivity index (χ1) is 4.18. The van der Waals surface area contributed by atoms with E-state index in [4.69, 9.17) is 10.8 Å². The van der Waals surface area contributed by atoms with Crippen molar-refractivity contribution in [1.82, 2.24) is 5.48 Å². The highest BCUT2D eigenvalue weighted by molar-refractivity contribution is 5.73. The van der Waals surface area contributed by atoms with Gasteiger partial charge in [0.2, 0.25) is 0 Å². The number of hydrogen-bond donors (Lipinski definition) is 3. The van der Waals surface area contributed by atoms with Crippen LogP contribution in [0.25, 0.3) is 0 Å². The Kier molecular flexibility index (Phi) is 3.94. The van der Waals surface area contributed by atoms with E-state index in [1.165, 1.54) is 7.05 Å². The zero-order chi connectivity index (χ0) is 7.28. The Morgan fingerprint density at radius 1 is 2.00 bits per heavy atom. The van der Waals surface area contributed by atoms with Crippen LogP contribution in [-0.2, 0) is 9.63 Å². The molecule has 0 heterocycles. The van der Waals surface area contributed by atoms with Crippen LogP contribution in [0.3, 0.4) is 0 Å². The fraction of sp³-hybridized carbons (Fsp3) is 0.750. The molecule has 0 aliphatic carbocycles. The molecule has 0 amide bonds. The lowest BCUT2D eigenvalue weighted by atomic mass is 10.3. The molecule has 0 saturated heterocycles. The molecule has 0 saturated carbocycles. The molecule has 4 N–H and O–H groups in total. The van der Waals surface area contributed by atoms with Crippen LogP contribution in [0.4, 0.5) is 0 Å². The first-order valence-corrected chi connectivity index (χ1v) is 2.45. The van der Waals surface area contributed by atoms with Crippen molar-refractivity contribution in [3.63, 3.8) is 0 Å². The molecule has 0 aromatic heterocycles. The van der Waals surface area contributed by atoms with Gasteiger partial charge >= 0.3 is 5.97 Å². The summed E-state index contributed by atoms with van der Waals surface area (Å²) in [5.41, 5.74) is 7.35. The van der Waals surface area contributed by atoms with Crippen LogP contribution in [0.5, 0.6) is 0 Å². The normalized spacial score (nSPS) is 13.1. The lowest BCUT2D eigenvalue weighted by Gasteiger charge is -2.04. The maximum absolute atomic E-state index is 9.97. The second-order valence-electron chi connectivity index (χ2n) is 1.46. The van der Waals surface area contributed by atoms with Gasteiger partial charge in [-0.15, -0.1) is 0 Å². The van der Waals surface area contributed by atoms with Gasteiger partial charge in [0.25, 0.3) is 0 Å². The molecule has 0 fully saturated rings. The van der Waals surface area contributed by atoms with E-state index in [1.54, 1.807) is 0 Å². The highest BCUT2D eigenvalue weighted by atomic mass is 16.6. The van der Waals surface area contributed by atoms with E-state index >= 15 is 0 Å². The van der Waals surface area contributed by atoms with E-state index in [-0.39, 0.29) is 6.61 Å². The Morgan fingerprint density at radius 3 is 2.89 bits per heavy atom. The molecule has 0 bridgehead atoms. The summed E-state index contributed by atoms with van der Waals surface area (Å²) in [7, 11) is 1.54. The number of nitrogens with two attached hydrogens (primary N) is 1. The molecule has 0 aliphatic rings. The molecular formula is C4H10N2O3. The van der Waals surface area contributed by atoms with E-state index in [2.05, 4.69) is 10.3 Å². The maximum Gasteiger partial charge on any atom is 0.322 e. The van der Waals surface area contributed by atoms with E-state index in [0.29, 0.717) is 0 Å². The van der Waals surface area contributed by atoms with E-state index in [0.717, 1.165) is 0 Å². The average molecular weight is 134 g/mol. The zero-order valence-electron chi connectivity index (χ0n) is 5.13. The third kappa shape index (κ3) is 3.89. The second kappa shape index (κ2) is 4.25. The average Bonchev–Trinajstić information content (AvgIpc) is 1.82. The van der Waals surface area contributed by atoms with Crippen LogP contribution in [0.1, 0.15) is 0 Å². The SMILES string of the molecule is CNOCC(N)C(=O)O. The summed E-state index contributed by atoms with van der Waals surface area (Å²) < 4.78 is 0. The summed E-state index contributed by atoms with van der Waals surface area (Å²) in [6, 6.07) is -0.947. The highest BCUT2D eigenvalue weighted by Crippen LogP contribution is 1.76. The van der Waals surface area contributed by atoms with Crippen LogP contribution in [0.2, 0.25) is 0 Å². The molecule has 0 aromatic carbocycles. The standard InChI is InChI=1S/C4H10N2O3/c1-6-9-2-3(5)4(7)8/h3,6H,2,5H2,1H3,(H,7,8). The number of aliphatic carboxylic acids is 1. The lowest BCUT2D eigenvalue weighted by molar-refractivity contribution is -0.140. The van der Waals surface area contributed by atoms with Gasteiger partial charge in [-0.25, -0.2) is 5.48 Å². The van der Waals surface area contributed by atoms with E-state index in [9.17, 15) is 4.79 Å². The Hall–Kier alpha value is -0.650. The highest BCUT2D eigenvalue weighted by Gasteiger charge is 2.09. The molecule has 0 radical (unpaired) electrons. The van der Waals surface area contributed by atoms with Gasteiger partial charge in [-0.05, 0) is 0 Å². The Labute approximate surface area is 52.7 Å². The number of hydroxylamine groups is 1. The van der Waals surface area contributed by atoms with E-state index in [1.807, 2.05) is 0 Å². The third-order valence-electron chi connectivity index (χ3n) is 0.724. The molecule has 0 aliphatic heterocycles. The molecule has 0 aromatic rings. The van der Waals surface area contributed by atoms with Crippen LogP contribution >= 0.6 is 0 Å². The van der Waals surface area contributed by atoms with Crippen molar-refractivity contribution < 1.29 is 14.7 Å². The number of rotatable bonds is 4. The van der Waals surface area contributed by atoms with Gasteiger partial charge < -0.3 is 10.8 Å². The van der Waals surface area contributed by atoms with Gasteiger partial charge in [0.15, 0.2) is 0 Å². The van der Waals surface area contributed by atoms with Gasteiger partial charge in [-0.1, -0.05) is 0 Å². The molecular weight excluding hydrogens is 124 g/mol. The first-order valence-electron chi connectivity index (χ1n) is 2.45. The van der Waals surface area contributed by atoms with Crippen molar-refractivity contribution in [1.29, 1.82) is 0 Å². The minimum atomic E-state index is -1.06. The third-order valence-corrected chi connectivity index (χ3v) is 0.724. The Bertz CT molecular complexity index is 95.8. The quantitative estimate of drug-likeness (QED) is 0.409. The maximum atomic E-state index is 9.97. The Balaban J connectivity index is 3.27. The minimum absolute atomic E-state index is 0.0220. The molecule has 0 spiro atoms. The molecule has 0 rings (SSSR count). The zero-order valence-corrected chi connectivity index (χ0v) is 5.13. The van der Waals surface area contributed by atoms with Crippen molar-refractivity contribution in [2.45, 2.75) is 6.04 Å². The van der Waals surface area contributed by atoms with Gasteiger partial charge in [-0.2, -0.15) is 0 Å². The summed E-state index contributed by atoms with van der Waals surface area (Å²) >= 11 is 0. The van der Waals surface area contributed by atoms with Crippen molar-refractivity contribution in [3.05, 3.63) is 0 Å². The van der Waals surface area contributed by atoms with Gasteiger partial charge in [0.1, 0.15) is 6.04 Å². The summed E-state index contributed by atoms with van der Waals surface area (Å²) in [5.74, 6) is -1.06. The van der Waals surface area contributed by atoms with Gasteiger partial charge in [-0.3, -0.25) is 9.63 Å². The van der Waals surface area contributed by atoms with Crippen molar-refractivity contribution in [2.75, 3.05) is 13.7 Å². The topological polar surface area (TPSA) is 84.6 Å². The van der Waals surface area contributed by atoms with Crippen molar-refractivity contribution in [2.24, 2.45) is 5.73 Å². The molecule has 54 valence electrons. The summed E-state index contributed by atoms with van der Waals surface area (Å²) in [5, 5.41) is 8.18. The van der Waals surface area contributed by atoms with Crippen LogP contribution in [0, 0.1) is 0 Å². The molecule has 5 nitrogen and oxygen atoms in total. The fourth-order valence-electron chi connectivity index (χ4n) is 0.244. The molecule has 9 heavy (non-hydrogen) atoms. The monoisotopic (exact) mass is 134 g/mol. The number of carbonyl (C=O) groups is 1. The molecule has 1 unspecified atom stereocenters. The van der Waals surface area contributed by atoms with Crippen LogP contribution in [-0.4, -0.2) is 30.8 Å².